The summed E-state index contributed by atoms with van der Waals surface area (Å²) in [7, 11) is 1.90. The van der Waals surface area contributed by atoms with Crippen LogP contribution in [0.25, 0.3) is 22.2 Å². The highest BCUT2D eigenvalue weighted by Crippen LogP contribution is 2.29. The van der Waals surface area contributed by atoms with Crippen molar-refractivity contribution in [2.45, 2.75) is 25.3 Å². The van der Waals surface area contributed by atoms with E-state index in [0.29, 0.717) is 0 Å². The van der Waals surface area contributed by atoms with Crippen molar-refractivity contribution in [3.63, 3.8) is 0 Å². The second kappa shape index (κ2) is 8.57. The summed E-state index contributed by atoms with van der Waals surface area (Å²) in [6.45, 7) is 1.78. The first kappa shape index (κ1) is 19.3. The molecule has 0 spiro atoms. The van der Waals surface area contributed by atoms with E-state index >= 15 is 0 Å². The fourth-order valence-corrected chi connectivity index (χ4v) is 4.08. The van der Waals surface area contributed by atoms with E-state index in [1.807, 2.05) is 48.3 Å². The normalized spacial score (nSPS) is 17.4. The number of hydrogen-bond acceptors (Lipinski definition) is 5. The summed E-state index contributed by atoms with van der Waals surface area (Å²) in [6.07, 6.45) is 2.88. The molecule has 6 nitrogen and oxygen atoms in total. The monoisotopic (exact) mass is 390 g/mol. The van der Waals surface area contributed by atoms with Crippen LogP contribution in [0, 0.1) is 0 Å². The molecule has 1 aliphatic heterocycles. The van der Waals surface area contributed by atoms with E-state index in [1.54, 1.807) is 0 Å². The Morgan fingerprint density at radius 3 is 2.62 bits per heavy atom. The number of aromatic nitrogens is 2. The topological polar surface area (TPSA) is 69.6 Å². The van der Waals surface area contributed by atoms with Crippen molar-refractivity contribution in [2.75, 3.05) is 31.6 Å². The summed E-state index contributed by atoms with van der Waals surface area (Å²) in [5.41, 5.74) is 2.98. The highest BCUT2D eigenvalue weighted by Gasteiger charge is 2.23. The molecular weight excluding hydrogens is 364 g/mol. The smallest absolute Gasteiger partial charge is 0.317 e. The second-order valence-electron chi connectivity index (χ2n) is 7.64. The molecule has 2 heterocycles. The predicted molar refractivity (Wildman–Crippen MR) is 115 cm³/mol. The molecule has 1 unspecified atom stereocenters. The van der Waals surface area contributed by atoms with E-state index in [0.717, 1.165) is 60.5 Å². The number of carboxylic acid groups (broad SMARTS) is 1. The van der Waals surface area contributed by atoms with Gasteiger partial charge < -0.3 is 10.0 Å². The maximum absolute atomic E-state index is 11.0. The van der Waals surface area contributed by atoms with Gasteiger partial charge in [0.25, 0.3) is 0 Å². The third kappa shape index (κ3) is 4.38. The number of para-hydroxylation sites is 1. The summed E-state index contributed by atoms with van der Waals surface area (Å²) in [6, 6.07) is 18.6. The molecule has 1 N–H and O–H groups in total. The van der Waals surface area contributed by atoms with Crippen LogP contribution in [0.3, 0.4) is 0 Å². The van der Waals surface area contributed by atoms with Crippen LogP contribution in [0.4, 0.5) is 5.95 Å². The van der Waals surface area contributed by atoms with Crippen molar-refractivity contribution in [3.8, 4) is 11.3 Å². The Morgan fingerprint density at radius 2 is 1.83 bits per heavy atom. The molecule has 3 aromatic rings. The first-order chi connectivity index (χ1) is 14.1. The van der Waals surface area contributed by atoms with Gasteiger partial charge in [-0.1, -0.05) is 48.5 Å². The first-order valence-electron chi connectivity index (χ1n) is 10.1. The fraction of sp³-hybridized carbons (Fsp3) is 0.348. The largest absolute Gasteiger partial charge is 0.480 e. The molecular formula is C23H26N4O2. The summed E-state index contributed by atoms with van der Waals surface area (Å²) >= 11 is 0. The first-order valence-corrected chi connectivity index (χ1v) is 10.1. The fourth-order valence-electron chi connectivity index (χ4n) is 4.08. The number of anilines is 1. The molecule has 1 fully saturated rings. The van der Waals surface area contributed by atoms with Crippen molar-refractivity contribution in [1.82, 2.24) is 14.9 Å². The van der Waals surface area contributed by atoms with Gasteiger partial charge in [-0.25, -0.2) is 9.97 Å². The third-order valence-corrected chi connectivity index (χ3v) is 5.63. The summed E-state index contributed by atoms with van der Waals surface area (Å²) in [5.74, 6) is -0.0249. The average molecular weight is 390 g/mol. The van der Waals surface area contributed by atoms with Crippen LogP contribution >= 0.6 is 0 Å². The predicted octanol–water partition coefficient (Wildman–Crippen LogP) is 3.67. The van der Waals surface area contributed by atoms with Crippen LogP contribution in [-0.4, -0.2) is 58.7 Å². The number of hydrogen-bond donors (Lipinski definition) is 1. The molecule has 6 heteroatoms. The van der Waals surface area contributed by atoms with Crippen LogP contribution in [0.1, 0.15) is 19.3 Å². The Hall–Kier alpha value is -2.99. The van der Waals surface area contributed by atoms with Crippen molar-refractivity contribution in [2.24, 2.45) is 0 Å². The Labute approximate surface area is 170 Å². The zero-order chi connectivity index (χ0) is 20.2. The van der Waals surface area contributed by atoms with Crippen molar-refractivity contribution >= 4 is 22.8 Å². The molecule has 0 amide bonds. The summed E-state index contributed by atoms with van der Waals surface area (Å²) in [5, 5.41) is 10.1. The number of nitrogens with zero attached hydrogens (tertiary/aromatic N) is 4. The Bertz CT molecular complexity index is 993. The van der Waals surface area contributed by atoms with E-state index in [2.05, 4.69) is 23.1 Å². The van der Waals surface area contributed by atoms with E-state index in [9.17, 15) is 4.79 Å². The average Bonchev–Trinajstić information content (AvgIpc) is 2.99. The number of carbonyl (C=O) groups is 1. The molecule has 1 aromatic heterocycles. The van der Waals surface area contributed by atoms with E-state index in [-0.39, 0.29) is 12.6 Å². The lowest BCUT2D eigenvalue weighted by Gasteiger charge is -2.26. The summed E-state index contributed by atoms with van der Waals surface area (Å²) in [4.78, 5) is 25.1. The minimum Gasteiger partial charge on any atom is -0.480 e. The van der Waals surface area contributed by atoms with E-state index in [4.69, 9.17) is 15.1 Å². The van der Waals surface area contributed by atoms with Gasteiger partial charge in [-0.05, 0) is 32.4 Å². The lowest BCUT2D eigenvalue weighted by atomic mass is 10.1. The van der Waals surface area contributed by atoms with Crippen molar-refractivity contribution in [3.05, 3.63) is 54.6 Å². The number of rotatable bonds is 5. The van der Waals surface area contributed by atoms with Gasteiger partial charge >= 0.3 is 5.97 Å². The molecule has 150 valence electrons. The SMILES string of the molecule is CN(CC(=O)O)C1CCCN(c2nc(-c3ccccc3)c3ccccc3n2)CC1. The minimum absolute atomic E-state index is 0.0787. The van der Waals surface area contributed by atoms with Gasteiger partial charge in [0.1, 0.15) is 0 Å². The number of fused-ring (bicyclic) bond motifs is 1. The molecule has 0 aliphatic carbocycles. The number of carboxylic acids is 1. The number of likely N-dealkylation sites (N-methyl/N-ethyl adjacent to an activating group) is 1. The maximum Gasteiger partial charge on any atom is 0.317 e. The molecule has 4 rings (SSSR count). The molecule has 2 aromatic carbocycles. The van der Waals surface area contributed by atoms with Gasteiger partial charge in [0.2, 0.25) is 5.95 Å². The Balaban J connectivity index is 1.63. The highest BCUT2D eigenvalue weighted by molar-refractivity contribution is 5.93. The quantitative estimate of drug-likeness (QED) is 0.717. The molecule has 0 radical (unpaired) electrons. The maximum atomic E-state index is 11.0. The number of benzene rings is 2. The van der Waals surface area contributed by atoms with Crippen molar-refractivity contribution in [1.29, 1.82) is 0 Å². The second-order valence-corrected chi connectivity index (χ2v) is 7.64. The van der Waals surface area contributed by atoms with E-state index < -0.39 is 5.97 Å². The lowest BCUT2D eigenvalue weighted by molar-refractivity contribution is -0.138. The zero-order valence-corrected chi connectivity index (χ0v) is 16.7. The molecule has 1 saturated heterocycles. The van der Waals surface area contributed by atoms with Crippen LogP contribution in [0.15, 0.2) is 54.6 Å². The lowest BCUT2D eigenvalue weighted by Crippen LogP contribution is -2.36. The molecule has 0 bridgehead atoms. The van der Waals surface area contributed by atoms with Crippen LogP contribution in [-0.2, 0) is 4.79 Å². The number of aliphatic carboxylic acids is 1. The molecule has 1 atom stereocenters. The van der Waals surface area contributed by atoms with E-state index in [1.165, 1.54) is 0 Å². The van der Waals surface area contributed by atoms with Gasteiger partial charge in [-0.3, -0.25) is 9.69 Å². The van der Waals surface area contributed by atoms with Gasteiger partial charge in [0.05, 0.1) is 17.8 Å². The third-order valence-electron chi connectivity index (χ3n) is 5.63. The van der Waals surface area contributed by atoms with Crippen molar-refractivity contribution < 1.29 is 9.90 Å². The van der Waals surface area contributed by atoms with Gasteiger partial charge in [0, 0.05) is 30.1 Å². The Morgan fingerprint density at radius 1 is 1.07 bits per heavy atom. The van der Waals surface area contributed by atoms with Crippen LogP contribution < -0.4 is 4.90 Å². The Kier molecular flexibility index (Phi) is 5.71. The minimum atomic E-state index is -0.779. The standard InChI is InChI=1S/C23H26N4O2/c1-26(16-21(28)29)18-10-7-14-27(15-13-18)23-24-20-12-6-5-11-19(20)22(25-23)17-8-3-2-4-9-17/h2-6,8-9,11-12,18H,7,10,13-16H2,1H3,(H,28,29). The van der Waals surface area contributed by atoms with Crippen LogP contribution in [0.5, 0.6) is 0 Å². The van der Waals surface area contributed by atoms with Gasteiger partial charge in [-0.2, -0.15) is 0 Å². The zero-order valence-electron chi connectivity index (χ0n) is 16.7. The molecule has 0 saturated carbocycles. The highest BCUT2D eigenvalue weighted by atomic mass is 16.4. The van der Waals surface area contributed by atoms with Crippen LogP contribution in [0.2, 0.25) is 0 Å². The summed E-state index contributed by atoms with van der Waals surface area (Å²) < 4.78 is 0. The molecule has 1 aliphatic rings. The van der Waals surface area contributed by atoms with Gasteiger partial charge in [-0.15, -0.1) is 0 Å². The van der Waals surface area contributed by atoms with Gasteiger partial charge in [0.15, 0.2) is 0 Å². The molecule has 29 heavy (non-hydrogen) atoms.